The third-order valence-corrected chi connectivity index (χ3v) is 9.29. The van der Waals surface area contributed by atoms with Gasteiger partial charge in [0.05, 0.1) is 9.79 Å². The van der Waals surface area contributed by atoms with Crippen LogP contribution >= 0.6 is 12.4 Å². The van der Waals surface area contributed by atoms with Crippen molar-refractivity contribution in [2.45, 2.75) is 72.9 Å². The van der Waals surface area contributed by atoms with E-state index in [-0.39, 0.29) is 12.4 Å². The Hall–Kier alpha value is -2.02. The number of benzene rings is 2. The zero-order chi connectivity index (χ0) is 21.2. The second-order valence-electron chi connectivity index (χ2n) is 9.45. The lowest BCUT2D eigenvalue weighted by atomic mass is 9.99. The van der Waals surface area contributed by atoms with Crippen LogP contribution < -0.4 is 10.6 Å². The number of nitrogens with one attached hydrogen (secondary N) is 2. The highest BCUT2D eigenvalue weighted by Crippen LogP contribution is 2.42. The van der Waals surface area contributed by atoms with Gasteiger partial charge in [0, 0.05) is 53.9 Å². The molecule has 5 nitrogen and oxygen atoms in total. The maximum atomic E-state index is 13.6. The van der Waals surface area contributed by atoms with E-state index in [2.05, 4.69) is 22.2 Å². The number of sulfone groups is 1. The van der Waals surface area contributed by atoms with Gasteiger partial charge in [0.2, 0.25) is 9.84 Å². The molecule has 2 N–H and O–H groups in total. The lowest BCUT2D eigenvalue weighted by molar-refractivity contribution is 0.503. The van der Waals surface area contributed by atoms with Crippen molar-refractivity contribution in [1.29, 1.82) is 0 Å². The monoisotopic (exact) mass is 471 g/mol. The molecule has 1 saturated carbocycles. The summed E-state index contributed by atoms with van der Waals surface area (Å²) in [6.07, 6.45) is 8.14. The van der Waals surface area contributed by atoms with Crippen LogP contribution in [0.4, 0.5) is 5.69 Å². The van der Waals surface area contributed by atoms with Crippen LogP contribution in [0.1, 0.15) is 55.8 Å². The predicted octanol–water partition coefficient (Wildman–Crippen LogP) is 5.14. The first-order valence-corrected chi connectivity index (χ1v) is 13.0. The first-order valence-electron chi connectivity index (χ1n) is 11.5. The second-order valence-corrected chi connectivity index (χ2v) is 11.4. The van der Waals surface area contributed by atoms with Crippen LogP contribution in [-0.2, 0) is 23.3 Å². The Kier molecular flexibility index (Phi) is 5.51. The number of aromatic nitrogens is 1. The van der Waals surface area contributed by atoms with Crippen molar-refractivity contribution in [3.8, 4) is 0 Å². The average molecular weight is 472 g/mol. The molecule has 2 aliphatic heterocycles. The number of halogens is 1. The smallest absolute Gasteiger partial charge is 0.206 e. The predicted molar refractivity (Wildman–Crippen MR) is 131 cm³/mol. The van der Waals surface area contributed by atoms with Gasteiger partial charge in [-0.25, -0.2) is 8.42 Å². The summed E-state index contributed by atoms with van der Waals surface area (Å²) >= 11 is 0. The number of hydrogen-bond donors (Lipinski definition) is 2. The molecule has 3 aliphatic rings. The van der Waals surface area contributed by atoms with Gasteiger partial charge in [-0.15, -0.1) is 12.4 Å². The van der Waals surface area contributed by atoms with E-state index in [4.69, 9.17) is 0 Å². The van der Waals surface area contributed by atoms with Gasteiger partial charge in [0.15, 0.2) is 0 Å². The van der Waals surface area contributed by atoms with Gasteiger partial charge in [0.1, 0.15) is 0 Å². The van der Waals surface area contributed by atoms with Gasteiger partial charge in [-0.05, 0) is 67.6 Å². The summed E-state index contributed by atoms with van der Waals surface area (Å²) in [6.45, 7) is 0. The van der Waals surface area contributed by atoms with E-state index in [9.17, 15) is 8.42 Å². The molecule has 2 aromatic carbocycles. The summed E-state index contributed by atoms with van der Waals surface area (Å²) in [7, 11) is -1.48. The molecule has 2 unspecified atom stereocenters. The van der Waals surface area contributed by atoms with Crippen molar-refractivity contribution in [2.24, 2.45) is 7.05 Å². The van der Waals surface area contributed by atoms with Crippen LogP contribution in [0.25, 0.3) is 10.9 Å². The molecule has 3 aromatic rings. The van der Waals surface area contributed by atoms with Crippen molar-refractivity contribution >= 4 is 38.8 Å². The number of nitrogens with zero attached hydrogens (tertiary/aromatic N) is 1. The second kappa shape index (κ2) is 8.08. The molecule has 2 atom stereocenters. The molecule has 1 aromatic heterocycles. The minimum atomic E-state index is -3.59. The fourth-order valence-electron chi connectivity index (χ4n) is 5.94. The van der Waals surface area contributed by atoms with Crippen LogP contribution in [0, 0.1) is 0 Å². The Balaban J connectivity index is 0.00000216. The maximum Gasteiger partial charge on any atom is 0.206 e. The highest BCUT2D eigenvalue weighted by Gasteiger charge is 2.36. The molecular formula is C25H30ClN3O2S. The lowest BCUT2D eigenvalue weighted by Crippen LogP contribution is -2.32. The summed E-state index contributed by atoms with van der Waals surface area (Å²) in [5, 5.41) is 8.31. The third kappa shape index (κ3) is 3.44. The van der Waals surface area contributed by atoms with E-state index in [0.29, 0.717) is 27.9 Å². The van der Waals surface area contributed by atoms with Gasteiger partial charge in [-0.3, -0.25) is 0 Å². The summed E-state index contributed by atoms with van der Waals surface area (Å²) in [5.74, 6) is 0. The number of hydrogen-bond acceptors (Lipinski definition) is 4. The number of rotatable bonds is 4. The maximum absolute atomic E-state index is 13.6. The van der Waals surface area contributed by atoms with Crippen molar-refractivity contribution in [3.63, 3.8) is 0 Å². The van der Waals surface area contributed by atoms with Gasteiger partial charge in [-0.2, -0.15) is 0 Å². The molecule has 0 radical (unpaired) electrons. The number of anilines is 1. The lowest BCUT2D eigenvalue weighted by Gasteiger charge is -2.23. The molecule has 6 rings (SSSR count). The first kappa shape index (κ1) is 21.8. The van der Waals surface area contributed by atoms with Crippen LogP contribution in [0.15, 0.2) is 52.3 Å². The van der Waals surface area contributed by atoms with E-state index in [1.54, 1.807) is 18.2 Å². The van der Waals surface area contributed by atoms with Crippen molar-refractivity contribution in [3.05, 3.63) is 53.7 Å². The Morgan fingerprint density at radius 3 is 2.59 bits per heavy atom. The Labute approximate surface area is 195 Å². The summed E-state index contributed by atoms with van der Waals surface area (Å²) in [6, 6.07) is 14.3. The zero-order valence-electron chi connectivity index (χ0n) is 18.3. The highest BCUT2D eigenvalue weighted by atomic mass is 35.5. The topological polar surface area (TPSA) is 63.1 Å². The molecule has 1 aliphatic carbocycles. The van der Waals surface area contributed by atoms with Crippen LogP contribution in [-0.4, -0.2) is 25.1 Å². The number of aryl methyl sites for hydroxylation is 1. The normalized spacial score (nSPS) is 22.7. The molecule has 32 heavy (non-hydrogen) atoms. The molecule has 2 bridgehead atoms. The van der Waals surface area contributed by atoms with E-state index in [0.717, 1.165) is 42.3 Å². The summed E-state index contributed by atoms with van der Waals surface area (Å²) in [4.78, 5) is 0.741. The molecule has 1 saturated heterocycles. The summed E-state index contributed by atoms with van der Waals surface area (Å²) in [5.41, 5.74) is 4.68. The SMILES string of the molecule is Cl.Cn1c2c(c3cc(S(=O)(=O)c4cccc(NC5CCCC5)c4)ccc31)C1CCC(C2)N1. The van der Waals surface area contributed by atoms with E-state index in [1.165, 1.54) is 30.5 Å². The van der Waals surface area contributed by atoms with E-state index >= 15 is 0 Å². The van der Waals surface area contributed by atoms with Gasteiger partial charge in [-0.1, -0.05) is 18.9 Å². The summed E-state index contributed by atoms with van der Waals surface area (Å²) < 4.78 is 29.4. The van der Waals surface area contributed by atoms with Crippen molar-refractivity contribution < 1.29 is 8.42 Å². The number of fused-ring (bicyclic) bond motifs is 6. The Morgan fingerprint density at radius 2 is 1.78 bits per heavy atom. The Morgan fingerprint density at radius 1 is 1.00 bits per heavy atom. The van der Waals surface area contributed by atoms with Crippen molar-refractivity contribution in [2.75, 3.05) is 5.32 Å². The standard InChI is InChI=1S/C25H29N3O2S.ClH/c1-28-23-12-10-20(15-21(23)25-22-11-9-18(27-22)14-24(25)28)31(29,30)19-8-4-7-17(13-19)26-16-5-2-3-6-16;/h4,7-8,10,12-13,15-16,18,22,26-27H,2-3,5-6,9,11,14H2,1H3;1H. The first-order chi connectivity index (χ1) is 15.0. The van der Waals surface area contributed by atoms with E-state index in [1.807, 2.05) is 24.3 Å². The van der Waals surface area contributed by atoms with Gasteiger partial charge >= 0.3 is 0 Å². The van der Waals surface area contributed by atoms with Gasteiger partial charge < -0.3 is 15.2 Å². The molecule has 0 amide bonds. The molecule has 7 heteroatoms. The zero-order valence-corrected chi connectivity index (χ0v) is 19.9. The third-order valence-electron chi connectivity index (χ3n) is 7.54. The molecule has 170 valence electrons. The average Bonchev–Trinajstić information content (AvgIpc) is 3.48. The minimum absolute atomic E-state index is 0. The highest BCUT2D eigenvalue weighted by molar-refractivity contribution is 7.91. The quantitative estimate of drug-likeness (QED) is 0.553. The molecule has 2 fully saturated rings. The largest absolute Gasteiger partial charge is 0.382 e. The Bertz CT molecular complexity index is 1280. The van der Waals surface area contributed by atoms with Crippen LogP contribution in [0.2, 0.25) is 0 Å². The molecule has 0 spiro atoms. The van der Waals surface area contributed by atoms with E-state index < -0.39 is 9.84 Å². The molecule has 3 heterocycles. The van der Waals surface area contributed by atoms with Crippen molar-refractivity contribution in [1.82, 2.24) is 9.88 Å². The molecular weight excluding hydrogens is 442 g/mol. The van der Waals surface area contributed by atoms with Crippen LogP contribution in [0.5, 0.6) is 0 Å². The van der Waals surface area contributed by atoms with Gasteiger partial charge in [0.25, 0.3) is 0 Å². The fourth-order valence-corrected chi connectivity index (χ4v) is 7.28. The van der Waals surface area contributed by atoms with Crippen LogP contribution in [0.3, 0.4) is 0 Å². The fraction of sp³-hybridized carbons (Fsp3) is 0.440. The minimum Gasteiger partial charge on any atom is -0.382 e.